The summed E-state index contributed by atoms with van der Waals surface area (Å²) in [6.45, 7) is 2.01. The zero-order chi connectivity index (χ0) is 14.7. The maximum absolute atomic E-state index is 11.7. The maximum Gasteiger partial charge on any atom is 0.332 e. The summed E-state index contributed by atoms with van der Waals surface area (Å²) in [4.78, 5) is 23.3. The Morgan fingerprint density at radius 2 is 1.75 bits per heavy atom. The first-order chi connectivity index (χ1) is 9.49. The Morgan fingerprint density at radius 1 is 1.10 bits per heavy atom. The minimum absolute atomic E-state index is 0.349. The third-order valence-corrected chi connectivity index (χ3v) is 3.00. The summed E-state index contributed by atoms with van der Waals surface area (Å²) >= 11 is 0. The monoisotopic (exact) mass is 272 g/mol. The van der Waals surface area contributed by atoms with Crippen LogP contribution < -0.4 is 16.7 Å². The van der Waals surface area contributed by atoms with E-state index in [-0.39, 0.29) is 5.56 Å². The van der Waals surface area contributed by atoms with Gasteiger partial charge in [-0.2, -0.15) is 5.10 Å². The minimum atomic E-state index is -0.398. The Morgan fingerprint density at radius 3 is 2.40 bits per heavy atom. The van der Waals surface area contributed by atoms with E-state index in [2.05, 4.69) is 10.5 Å². The van der Waals surface area contributed by atoms with Crippen molar-refractivity contribution in [2.45, 2.75) is 6.92 Å². The smallest absolute Gasteiger partial charge is 0.281 e. The lowest BCUT2D eigenvalue weighted by Crippen LogP contribution is -2.37. The number of aromatic nitrogens is 2. The van der Waals surface area contributed by atoms with Crippen molar-refractivity contribution in [2.24, 2.45) is 19.2 Å². The van der Waals surface area contributed by atoms with Gasteiger partial charge < -0.3 is 0 Å². The molecule has 1 N–H and O–H groups in total. The van der Waals surface area contributed by atoms with Crippen molar-refractivity contribution in [1.29, 1.82) is 0 Å². The summed E-state index contributed by atoms with van der Waals surface area (Å²) in [5, 5.41) is 4.03. The van der Waals surface area contributed by atoms with Crippen LogP contribution in [0.2, 0.25) is 0 Å². The second-order valence-corrected chi connectivity index (χ2v) is 4.55. The molecule has 0 amide bonds. The van der Waals surface area contributed by atoms with Crippen molar-refractivity contribution in [1.82, 2.24) is 9.13 Å². The average Bonchev–Trinajstić information content (AvgIpc) is 2.44. The quantitative estimate of drug-likeness (QED) is 0.665. The van der Waals surface area contributed by atoms with Crippen LogP contribution >= 0.6 is 0 Å². The summed E-state index contributed by atoms with van der Waals surface area (Å²) in [5.41, 5.74) is 4.03. The lowest BCUT2D eigenvalue weighted by Gasteiger charge is -2.07. The van der Waals surface area contributed by atoms with Crippen molar-refractivity contribution in [3.05, 3.63) is 62.3 Å². The van der Waals surface area contributed by atoms with Gasteiger partial charge in [-0.15, -0.1) is 0 Å². The zero-order valence-electron chi connectivity index (χ0n) is 11.6. The molecule has 0 aliphatic rings. The van der Waals surface area contributed by atoms with Crippen LogP contribution in [0.25, 0.3) is 0 Å². The molecule has 2 rings (SSSR count). The fraction of sp³-hybridized carbons (Fsp3) is 0.214. The highest BCUT2D eigenvalue weighted by Gasteiger charge is 2.04. The molecular weight excluding hydrogens is 256 g/mol. The lowest BCUT2D eigenvalue weighted by atomic mass is 10.2. The number of anilines is 1. The molecule has 0 unspecified atom stereocenters. The van der Waals surface area contributed by atoms with Gasteiger partial charge in [-0.25, -0.2) is 4.79 Å². The predicted molar refractivity (Wildman–Crippen MR) is 79.3 cm³/mol. The zero-order valence-corrected chi connectivity index (χ0v) is 11.6. The third kappa shape index (κ3) is 2.85. The number of aryl methyl sites for hydroxylation is 1. The molecule has 0 radical (unpaired) electrons. The van der Waals surface area contributed by atoms with E-state index in [4.69, 9.17) is 0 Å². The van der Waals surface area contributed by atoms with Gasteiger partial charge in [-0.1, -0.05) is 29.8 Å². The third-order valence-electron chi connectivity index (χ3n) is 3.00. The van der Waals surface area contributed by atoms with Gasteiger partial charge in [0.15, 0.2) is 0 Å². The van der Waals surface area contributed by atoms with Crippen LogP contribution in [0.4, 0.5) is 5.82 Å². The molecule has 0 aliphatic heterocycles. The molecular formula is C14H16N4O2. The van der Waals surface area contributed by atoms with Gasteiger partial charge in [-0.05, 0) is 12.5 Å². The molecule has 0 bridgehead atoms. The van der Waals surface area contributed by atoms with Crippen LogP contribution in [0, 0.1) is 6.92 Å². The van der Waals surface area contributed by atoms with E-state index in [0.29, 0.717) is 5.82 Å². The standard InChI is InChI=1S/C14H16N4O2/c1-10-4-6-11(7-5-10)9-15-16-12-8-13(19)18(3)14(20)17(12)2/h4-9,16H,1-3H3/b15-9+. The summed E-state index contributed by atoms with van der Waals surface area (Å²) in [6, 6.07) is 9.16. The van der Waals surface area contributed by atoms with Crippen molar-refractivity contribution < 1.29 is 0 Å². The highest BCUT2D eigenvalue weighted by Crippen LogP contribution is 2.01. The second kappa shape index (κ2) is 5.56. The first-order valence-corrected chi connectivity index (χ1v) is 6.12. The first kappa shape index (κ1) is 13.8. The Kier molecular flexibility index (Phi) is 3.84. The number of hydrogen-bond donors (Lipinski definition) is 1. The van der Waals surface area contributed by atoms with E-state index >= 15 is 0 Å². The molecule has 0 saturated carbocycles. The van der Waals surface area contributed by atoms with Gasteiger partial charge in [0.25, 0.3) is 5.56 Å². The predicted octanol–water partition coefficient (Wildman–Crippen LogP) is 0.838. The number of nitrogens with one attached hydrogen (secondary N) is 1. The second-order valence-electron chi connectivity index (χ2n) is 4.55. The van der Waals surface area contributed by atoms with Crippen LogP contribution in [0.3, 0.4) is 0 Å². The van der Waals surface area contributed by atoms with Gasteiger partial charge in [-0.3, -0.25) is 19.4 Å². The van der Waals surface area contributed by atoms with Gasteiger partial charge >= 0.3 is 5.69 Å². The van der Waals surface area contributed by atoms with Crippen molar-refractivity contribution in [2.75, 3.05) is 5.43 Å². The molecule has 1 aromatic heterocycles. The summed E-state index contributed by atoms with van der Waals surface area (Å²) in [6.07, 6.45) is 1.63. The lowest BCUT2D eigenvalue weighted by molar-refractivity contribution is 0.690. The van der Waals surface area contributed by atoms with E-state index in [1.807, 2.05) is 31.2 Å². The molecule has 0 spiro atoms. The number of hydrazone groups is 1. The molecule has 104 valence electrons. The number of hydrogen-bond acceptors (Lipinski definition) is 4. The number of benzene rings is 1. The fourth-order valence-electron chi connectivity index (χ4n) is 1.67. The largest absolute Gasteiger partial charge is 0.332 e. The molecule has 0 saturated heterocycles. The molecule has 1 aromatic carbocycles. The van der Waals surface area contributed by atoms with E-state index in [1.165, 1.54) is 23.2 Å². The molecule has 0 fully saturated rings. The Bertz CT molecular complexity index is 754. The SMILES string of the molecule is Cc1ccc(/C=N/Nc2cc(=O)n(C)c(=O)n2C)cc1. The summed E-state index contributed by atoms with van der Waals surface area (Å²) < 4.78 is 2.36. The number of rotatable bonds is 3. The topological polar surface area (TPSA) is 68.4 Å². The molecule has 6 heteroatoms. The van der Waals surface area contributed by atoms with E-state index < -0.39 is 5.69 Å². The van der Waals surface area contributed by atoms with Crippen molar-refractivity contribution in [3.63, 3.8) is 0 Å². The van der Waals surface area contributed by atoms with Crippen molar-refractivity contribution in [3.8, 4) is 0 Å². The van der Waals surface area contributed by atoms with Crippen molar-refractivity contribution >= 4 is 12.0 Å². The Hall–Kier alpha value is -2.63. The van der Waals surface area contributed by atoms with E-state index in [0.717, 1.165) is 10.1 Å². The van der Waals surface area contributed by atoms with E-state index in [1.54, 1.807) is 13.3 Å². The maximum atomic E-state index is 11.7. The molecule has 1 heterocycles. The number of nitrogens with zero attached hydrogens (tertiary/aromatic N) is 3. The normalized spacial score (nSPS) is 10.9. The fourth-order valence-corrected chi connectivity index (χ4v) is 1.67. The van der Waals surface area contributed by atoms with Gasteiger partial charge in [0.05, 0.1) is 6.21 Å². The first-order valence-electron chi connectivity index (χ1n) is 6.12. The molecule has 0 atom stereocenters. The molecule has 20 heavy (non-hydrogen) atoms. The Labute approximate surface area is 116 Å². The van der Waals surface area contributed by atoms with Gasteiger partial charge in [0, 0.05) is 20.2 Å². The van der Waals surface area contributed by atoms with Crippen LogP contribution in [0.1, 0.15) is 11.1 Å². The minimum Gasteiger partial charge on any atom is -0.281 e. The summed E-state index contributed by atoms with van der Waals surface area (Å²) in [5.74, 6) is 0.349. The van der Waals surface area contributed by atoms with Crippen LogP contribution in [0.5, 0.6) is 0 Å². The molecule has 6 nitrogen and oxygen atoms in total. The van der Waals surface area contributed by atoms with Crippen LogP contribution in [0.15, 0.2) is 45.0 Å². The highest BCUT2D eigenvalue weighted by molar-refractivity contribution is 5.80. The van der Waals surface area contributed by atoms with Crippen LogP contribution in [-0.4, -0.2) is 15.3 Å². The molecule has 2 aromatic rings. The van der Waals surface area contributed by atoms with Crippen LogP contribution in [-0.2, 0) is 14.1 Å². The molecule has 0 aliphatic carbocycles. The Balaban J connectivity index is 2.21. The highest BCUT2D eigenvalue weighted by atomic mass is 16.2. The average molecular weight is 272 g/mol. The van der Waals surface area contributed by atoms with Gasteiger partial charge in [0.2, 0.25) is 0 Å². The van der Waals surface area contributed by atoms with E-state index in [9.17, 15) is 9.59 Å². The van der Waals surface area contributed by atoms with Gasteiger partial charge in [0.1, 0.15) is 5.82 Å². The summed E-state index contributed by atoms with van der Waals surface area (Å²) in [7, 11) is 3.01.